The van der Waals surface area contributed by atoms with Gasteiger partial charge in [-0.3, -0.25) is 9.59 Å². The second-order valence-electron chi connectivity index (χ2n) is 16.9. The van der Waals surface area contributed by atoms with Crippen molar-refractivity contribution in [1.29, 1.82) is 0 Å². The Labute approximate surface area is 305 Å². The van der Waals surface area contributed by atoms with Gasteiger partial charge in [-0.2, -0.15) is 0 Å². The fourth-order valence-electron chi connectivity index (χ4n) is 5.06. The number of hydrogen-bond donors (Lipinski definition) is 2. The molecule has 12 heteroatoms. The average Bonchev–Trinajstić information content (AvgIpc) is 2.99. The van der Waals surface area contributed by atoms with E-state index < -0.39 is 83.0 Å². The summed E-state index contributed by atoms with van der Waals surface area (Å²) in [5.74, 6) is -2.37. The fraction of sp³-hybridized carbons (Fsp3) is 0.500. The number of ketones is 2. The van der Waals surface area contributed by atoms with Gasteiger partial charge in [0.05, 0.1) is 0 Å². The lowest BCUT2D eigenvalue weighted by molar-refractivity contribution is -0.148. The molecule has 0 saturated heterocycles. The van der Waals surface area contributed by atoms with E-state index in [9.17, 15) is 28.8 Å². The maximum atomic E-state index is 13.1. The first-order chi connectivity index (χ1) is 23.7. The Bertz CT molecular complexity index is 1720. The number of carbonyl (C=O) groups is 6. The van der Waals surface area contributed by atoms with Gasteiger partial charge in [0, 0.05) is 11.1 Å². The summed E-state index contributed by atoms with van der Waals surface area (Å²) in [6, 6.07) is 11.8. The van der Waals surface area contributed by atoms with E-state index in [0.717, 1.165) is 21.5 Å². The van der Waals surface area contributed by atoms with Gasteiger partial charge < -0.3 is 29.6 Å². The molecule has 282 valence electrons. The van der Waals surface area contributed by atoms with Crippen molar-refractivity contribution in [2.24, 2.45) is 10.8 Å². The van der Waals surface area contributed by atoms with Crippen molar-refractivity contribution in [2.75, 3.05) is 13.2 Å². The number of nitrogens with one attached hydrogen (secondary N) is 2. The molecule has 0 bridgehead atoms. The largest absolute Gasteiger partial charge is 0.456 e. The second-order valence-corrected chi connectivity index (χ2v) is 16.9. The van der Waals surface area contributed by atoms with E-state index in [4.69, 9.17) is 18.9 Å². The van der Waals surface area contributed by atoms with Crippen LogP contribution >= 0.6 is 0 Å². The first kappa shape index (κ1) is 41.4. The zero-order valence-electron chi connectivity index (χ0n) is 32.3. The number of benzene rings is 3. The van der Waals surface area contributed by atoms with Gasteiger partial charge >= 0.3 is 24.1 Å². The molecule has 3 aromatic rings. The Kier molecular flexibility index (Phi) is 12.5. The standard InChI is InChI=1S/C40H52N2O10/c1-37(2,3)31(41-35(47)51-39(7,8)9)33(45)49-21-29(43)25-15-13-23-18-28-20-26(16-14-24(28)17-27(23)19-25)30(44)22-50-34(46)32(38(4,5)6)42-36(48)52-40(10,11)12/h13-20,31-32H,21-22H2,1-12H3,(H,41,47)(H,42,48)/t31-,32-/m1/s1. The Morgan fingerprint density at radius 3 is 1.12 bits per heavy atom. The monoisotopic (exact) mass is 720 g/mol. The van der Waals surface area contributed by atoms with Crippen LogP contribution in [-0.4, -0.2) is 72.2 Å². The van der Waals surface area contributed by atoms with E-state index in [-0.39, 0.29) is 0 Å². The maximum Gasteiger partial charge on any atom is 0.408 e. The topological polar surface area (TPSA) is 163 Å². The summed E-state index contributed by atoms with van der Waals surface area (Å²) in [7, 11) is 0. The smallest absolute Gasteiger partial charge is 0.408 e. The Hall–Kier alpha value is -5.00. The molecule has 0 aliphatic carbocycles. The summed E-state index contributed by atoms with van der Waals surface area (Å²) >= 11 is 0. The molecule has 0 aromatic heterocycles. The summed E-state index contributed by atoms with van der Waals surface area (Å²) in [5, 5.41) is 8.21. The third-order valence-corrected chi connectivity index (χ3v) is 7.66. The number of Topliss-reactive ketones (excluding diaryl/α,β-unsaturated/α-hetero) is 2. The first-order valence-corrected chi connectivity index (χ1v) is 17.1. The maximum absolute atomic E-state index is 13.1. The second kappa shape index (κ2) is 15.7. The first-order valence-electron chi connectivity index (χ1n) is 17.1. The van der Waals surface area contributed by atoms with E-state index in [2.05, 4.69) is 10.6 Å². The summed E-state index contributed by atoms with van der Waals surface area (Å²) < 4.78 is 21.3. The molecule has 0 spiro atoms. The predicted molar refractivity (Wildman–Crippen MR) is 197 cm³/mol. The van der Waals surface area contributed by atoms with Crippen molar-refractivity contribution in [3.8, 4) is 0 Å². The van der Waals surface area contributed by atoms with Gasteiger partial charge in [-0.1, -0.05) is 65.8 Å². The molecule has 0 aliphatic heterocycles. The van der Waals surface area contributed by atoms with Crippen LogP contribution in [0.15, 0.2) is 48.5 Å². The molecule has 0 heterocycles. The minimum absolute atomic E-state index is 0.329. The molecule has 2 N–H and O–H groups in total. The van der Waals surface area contributed by atoms with Crippen LogP contribution in [0.25, 0.3) is 21.5 Å². The van der Waals surface area contributed by atoms with Gasteiger partial charge in [0.25, 0.3) is 0 Å². The number of alkyl carbamates (subject to hydrolysis) is 2. The highest BCUT2D eigenvalue weighted by Crippen LogP contribution is 2.27. The highest BCUT2D eigenvalue weighted by atomic mass is 16.6. The van der Waals surface area contributed by atoms with Crippen molar-refractivity contribution in [3.63, 3.8) is 0 Å². The summed E-state index contributed by atoms with van der Waals surface area (Å²) in [4.78, 5) is 76.8. The van der Waals surface area contributed by atoms with Crippen LogP contribution in [-0.2, 0) is 28.5 Å². The normalized spacial score (nSPS) is 13.5. The van der Waals surface area contributed by atoms with Crippen molar-refractivity contribution >= 4 is 57.2 Å². The van der Waals surface area contributed by atoms with Crippen molar-refractivity contribution < 1.29 is 47.7 Å². The van der Waals surface area contributed by atoms with Crippen LogP contribution in [0.1, 0.15) is 104 Å². The number of rotatable bonds is 10. The lowest BCUT2D eigenvalue weighted by Crippen LogP contribution is -2.51. The zero-order valence-corrected chi connectivity index (χ0v) is 32.3. The minimum Gasteiger partial charge on any atom is -0.456 e. The molecular formula is C40H52N2O10. The molecule has 0 unspecified atom stereocenters. The number of carbonyl (C=O) groups excluding carboxylic acids is 6. The highest BCUT2D eigenvalue weighted by Gasteiger charge is 2.37. The molecule has 0 aliphatic rings. The third kappa shape index (κ3) is 12.1. The average molecular weight is 721 g/mol. The zero-order chi connectivity index (χ0) is 39.4. The van der Waals surface area contributed by atoms with Gasteiger partial charge in [-0.05, 0) is 98.2 Å². The van der Waals surface area contributed by atoms with Crippen molar-refractivity contribution in [3.05, 3.63) is 59.7 Å². The molecule has 0 saturated carbocycles. The summed E-state index contributed by atoms with van der Waals surface area (Å²) in [5.41, 5.74) is -2.29. The Morgan fingerprint density at radius 1 is 0.500 bits per heavy atom. The van der Waals surface area contributed by atoms with E-state index >= 15 is 0 Å². The number of esters is 2. The van der Waals surface area contributed by atoms with Crippen molar-refractivity contribution in [2.45, 2.75) is 106 Å². The quantitative estimate of drug-likeness (QED) is 0.0939. The number of hydrogen-bond acceptors (Lipinski definition) is 10. The summed E-state index contributed by atoms with van der Waals surface area (Å²) in [6.45, 7) is 19.8. The molecule has 2 amide bonds. The molecule has 3 aromatic carbocycles. The lowest BCUT2D eigenvalue weighted by Gasteiger charge is -2.30. The predicted octanol–water partition coefficient (Wildman–Crippen LogP) is 7.32. The SMILES string of the molecule is CC(C)(C)OC(=O)N[C@H](C(=O)OCC(=O)c1ccc2cc3cc(C(=O)COC(=O)[C@@H](NC(=O)OC(C)(C)C)C(C)(C)C)ccc3cc2c1)C(C)(C)C. The van der Waals surface area contributed by atoms with Crippen LogP contribution in [0.4, 0.5) is 9.59 Å². The van der Waals surface area contributed by atoms with Gasteiger partial charge in [0.2, 0.25) is 0 Å². The molecule has 3 rings (SSSR count). The lowest BCUT2D eigenvalue weighted by atomic mass is 9.87. The molecule has 0 radical (unpaired) electrons. The van der Waals surface area contributed by atoms with Crippen LogP contribution in [0.5, 0.6) is 0 Å². The van der Waals surface area contributed by atoms with E-state index in [0.29, 0.717) is 11.1 Å². The number of ether oxygens (including phenoxy) is 4. The summed E-state index contributed by atoms with van der Waals surface area (Å²) in [6.07, 6.45) is -1.53. The number of fused-ring (bicyclic) bond motifs is 2. The molecule has 2 atom stereocenters. The molecule has 12 nitrogen and oxygen atoms in total. The van der Waals surface area contributed by atoms with Gasteiger partial charge in [0.15, 0.2) is 24.8 Å². The van der Waals surface area contributed by atoms with Crippen molar-refractivity contribution in [1.82, 2.24) is 10.6 Å². The van der Waals surface area contributed by atoms with Crippen LogP contribution in [0, 0.1) is 10.8 Å². The molecule has 52 heavy (non-hydrogen) atoms. The van der Waals surface area contributed by atoms with Crippen LogP contribution in [0.2, 0.25) is 0 Å². The number of amides is 2. The Morgan fingerprint density at radius 2 is 0.827 bits per heavy atom. The molecular weight excluding hydrogens is 668 g/mol. The van der Waals surface area contributed by atoms with E-state index in [1.54, 1.807) is 119 Å². The van der Waals surface area contributed by atoms with E-state index in [1.165, 1.54) is 0 Å². The minimum atomic E-state index is -1.05. The third-order valence-electron chi connectivity index (χ3n) is 7.66. The van der Waals surface area contributed by atoms with Gasteiger partial charge in [-0.25, -0.2) is 19.2 Å². The fourth-order valence-corrected chi connectivity index (χ4v) is 5.06. The van der Waals surface area contributed by atoms with Crippen LogP contribution < -0.4 is 10.6 Å². The van der Waals surface area contributed by atoms with E-state index in [1.807, 2.05) is 12.1 Å². The molecule has 0 fully saturated rings. The van der Waals surface area contributed by atoms with Gasteiger partial charge in [0.1, 0.15) is 23.3 Å². The highest BCUT2D eigenvalue weighted by molar-refractivity contribution is 6.07. The van der Waals surface area contributed by atoms with Gasteiger partial charge in [-0.15, -0.1) is 0 Å². The Balaban J connectivity index is 1.70. The van der Waals surface area contributed by atoms with Crippen LogP contribution in [0.3, 0.4) is 0 Å².